The molecule has 3 fully saturated rings. The molecule has 1 amide bonds. The number of nitrogens with one attached hydrogen (secondary N) is 1. The number of benzene rings is 1. The molecule has 4 heteroatoms. The third-order valence-corrected chi connectivity index (χ3v) is 6.53. The molecule has 1 aromatic rings. The molecule has 3 aliphatic rings. The van der Waals surface area contributed by atoms with E-state index in [4.69, 9.17) is 4.74 Å². The molecule has 25 heavy (non-hydrogen) atoms. The minimum absolute atomic E-state index is 0.163. The van der Waals surface area contributed by atoms with E-state index in [1.807, 2.05) is 14.1 Å². The molecule has 0 aromatic heterocycles. The molecule has 1 N–H and O–H groups in total. The number of anilines is 1. The highest BCUT2D eigenvalue weighted by Gasteiger charge is 2.56. The minimum atomic E-state index is 0.163. The molecule has 1 saturated heterocycles. The van der Waals surface area contributed by atoms with Gasteiger partial charge in [-0.15, -0.1) is 0 Å². The molecule has 1 aromatic carbocycles. The van der Waals surface area contributed by atoms with Crippen LogP contribution < -0.4 is 10.2 Å². The third kappa shape index (κ3) is 3.29. The van der Waals surface area contributed by atoms with Crippen molar-refractivity contribution < 1.29 is 9.53 Å². The SMILES string of the molecule is CN(C)c1ccc(CC(=O)N[C@H]2[C@H]3CCO[C@H]3[C@H]2C2CCCC2)cc1. The lowest BCUT2D eigenvalue weighted by atomic mass is 9.61. The van der Waals surface area contributed by atoms with Gasteiger partial charge in [-0.05, 0) is 30.0 Å². The van der Waals surface area contributed by atoms with Gasteiger partial charge in [0.05, 0.1) is 12.5 Å². The van der Waals surface area contributed by atoms with Crippen LogP contribution in [0.5, 0.6) is 0 Å². The summed E-state index contributed by atoms with van der Waals surface area (Å²) in [6.45, 7) is 0.872. The molecule has 4 rings (SSSR count). The number of carbonyl (C=O) groups excluding carboxylic acids is 1. The zero-order valence-electron chi connectivity index (χ0n) is 15.4. The molecule has 2 aliphatic carbocycles. The number of hydrogen-bond acceptors (Lipinski definition) is 3. The van der Waals surface area contributed by atoms with Gasteiger partial charge in [0.1, 0.15) is 0 Å². The third-order valence-electron chi connectivity index (χ3n) is 6.53. The highest BCUT2D eigenvalue weighted by atomic mass is 16.5. The Labute approximate surface area is 150 Å². The van der Waals surface area contributed by atoms with Crippen molar-refractivity contribution >= 4 is 11.6 Å². The van der Waals surface area contributed by atoms with Gasteiger partial charge in [-0.2, -0.15) is 0 Å². The first-order valence-electron chi connectivity index (χ1n) is 9.81. The van der Waals surface area contributed by atoms with E-state index in [1.165, 1.54) is 25.7 Å². The molecule has 1 heterocycles. The van der Waals surface area contributed by atoms with Crippen molar-refractivity contribution in [3.63, 3.8) is 0 Å². The van der Waals surface area contributed by atoms with Gasteiger partial charge in [-0.1, -0.05) is 37.8 Å². The number of ether oxygens (including phenoxy) is 1. The number of carbonyl (C=O) groups is 1. The zero-order valence-corrected chi connectivity index (χ0v) is 15.4. The molecule has 2 saturated carbocycles. The van der Waals surface area contributed by atoms with Gasteiger partial charge in [0.15, 0.2) is 0 Å². The van der Waals surface area contributed by atoms with E-state index in [-0.39, 0.29) is 5.91 Å². The molecule has 0 spiro atoms. The largest absolute Gasteiger partial charge is 0.378 e. The second-order valence-corrected chi connectivity index (χ2v) is 8.24. The van der Waals surface area contributed by atoms with E-state index in [0.29, 0.717) is 30.4 Å². The van der Waals surface area contributed by atoms with Gasteiger partial charge < -0.3 is 15.0 Å². The standard InChI is InChI=1S/C21H30N2O2/c1-23(2)16-9-7-14(8-10-16)13-18(24)22-20-17-11-12-25-21(17)19(20)15-5-3-4-6-15/h7-10,15,17,19-21H,3-6,11-13H2,1-2H3,(H,22,24)/t17-,19+,20+,21-/m1/s1. The second-order valence-electron chi connectivity index (χ2n) is 8.24. The van der Waals surface area contributed by atoms with Gasteiger partial charge in [0.25, 0.3) is 0 Å². The van der Waals surface area contributed by atoms with Crippen LogP contribution in [0.15, 0.2) is 24.3 Å². The molecule has 4 nitrogen and oxygen atoms in total. The van der Waals surface area contributed by atoms with Crippen LogP contribution in [0.2, 0.25) is 0 Å². The van der Waals surface area contributed by atoms with Crippen molar-refractivity contribution in [1.82, 2.24) is 5.32 Å². The summed E-state index contributed by atoms with van der Waals surface area (Å²) in [4.78, 5) is 14.7. The maximum Gasteiger partial charge on any atom is 0.224 e. The minimum Gasteiger partial charge on any atom is -0.378 e. The lowest BCUT2D eigenvalue weighted by molar-refractivity contribution is -0.129. The lowest BCUT2D eigenvalue weighted by Gasteiger charge is -2.50. The zero-order chi connectivity index (χ0) is 17.4. The van der Waals surface area contributed by atoms with E-state index in [1.54, 1.807) is 0 Å². The van der Waals surface area contributed by atoms with Crippen molar-refractivity contribution in [3.05, 3.63) is 29.8 Å². The van der Waals surface area contributed by atoms with Gasteiger partial charge in [0.2, 0.25) is 5.91 Å². The van der Waals surface area contributed by atoms with Crippen LogP contribution in [-0.2, 0) is 16.0 Å². The monoisotopic (exact) mass is 342 g/mol. The van der Waals surface area contributed by atoms with Crippen LogP contribution in [-0.4, -0.2) is 38.8 Å². The second kappa shape index (κ2) is 6.99. The number of rotatable bonds is 5. The van der Waals surface area contributed by atoms with E-state index < -0.39 is 0 Å². The molecule has 136 valence electrons. The van der Waals surface area contributed by atoms with Crippen LogP contribution in [0, 0.1) is 17.8 Å². The van der Waals surface area contributed by atoms with Crippen molar-refractivity contribution in [1.29, 1.82) is 0 Å². The Morgan fingerprint density at radius 1 is 1.16 bits per heavy atom. The molecular formula is C21H30N2O2. The summed E-state index contributed by atoms with van der Waals surface area (Å²) in [5, 5.41) is 3.37. The fourth-order valence-corrected chi connectivity index (χ4v) is 5.19. The maximum absolute atomic E-state index is 12.6. The van der Waals surface area contributed by atoms with Gasteiger partial charge in [-0.25, -0.2) is 0 Å². The van der Waals surface area contributed by atoms with E-state index in [0.717, 1.165) is 30.2 Å². The number of hydrogen-bond donors (Lipinski definition) is 1. The molecule has 0 radical (unpaired) electrons. The Balaban J connectivity index is 1.37. The van der Waals surface area contributed by atoms with E-state index in [2.05, 4.69) is 34.5 Å². The Morgan fingerprint density at radius 3 is 2.56 bits per heavy atom. The first-order valence-corrected chi connectivity index (χ1v) is 9.81. The predicted octanol–water partition coefficient (Wildman–Crippen LogP) is 3.01. The normalized spacial score (nSPS) is 31.4. The predicted molar refractivity (Wildman–Crippen MR) is 99.7 cm³/mol. The maximum atomic E-state index is 12.6. The fraction of sp³-hybridized carbons (Fsp3) is 0.667. The van der Waals surface area contributed by atoms with Gasteiger partial charge in [0, 0.05) is 44.3 Å². The topological polar surface area (TPSA) is 41.6 Å². The summed E-state index contributed by atoms with van der Waals surface area (Å²) in [6, 6.07) is 8.61. The quantitative estimate of drug-likeness (QED) is 0.894. The summed E-state index contributed by atoms with van der Waals surface area (Å²) in [5.41, 5.74) is 2.24. The van der Waals surface area contributed by atoms with E-state index in [9.17, 15) is 4.79 Å². The van der Waals surface area contributed by atoms with Crippen molar-refractivity contribution in [3.8, 4) is 0 Å². The molecule has 0 bridgehead atoms. The Morgan fingerprint density at radius 2 is 1.88 bits per heavy atom. The average Bonchev–Trinajstić information content (AvgIpc) is 3.24. The smallest absolute Gasteiger partial charge is 0.224 e. The number of fused-ring (bicyclic) bond motifs is 1. The number of nitrogens with zero attached hydrogens (tertiary/aromatic N) is 1. The highest BCUT2D eigenvalue weighted by molar-refractivity contribution is 5.79. The van der Waals surface area contributed by atoms with Crippen LogP contribution in [0.1, 0.15) is 37.7 Å². The Hall–Kier alpha value is -1.55. The summed E-state index contributed by atoms with van der Waals surface area (Å²) in [6.07, 6.45) is 7.31. The van der Waals surface area contributed by atoms with Gasteiger partial charge >= 0.3 is 0 Å². The van der Waals surface area contributed by atoms with Crippen molar-refractivity contribution in [2.45, 2.75) is 50.7 Å². The fourth-order valence-electron chi connectivity index (χ4n) is 5.19. The van der Waals surface area contributed by atoms with Crippen molar-refractivity contribution in [2.75, 3.05) is 25.6 Å². The highest BCUT2D eigenvalue weighted by Crippen LogP contribution is 2.51. The summed E-state index contributed by atoms with van der Waals surface area (Å²) >= 11 is 0. The average molecular weight is 342 g/mol. The van der Waals surface area contributed by atoms with Crippen LogP contribution in [0.25, 0.3) is 0 Å². The Kier molecular flexibility index (Phi) is 4.72. The molecule has 4 atom stereocenters. The lowest BCUT2D eigenvalue weighted by Crippen LogP contribution is -2.63. The molecule has 1 aliphatic heterocycles. The molecule has 0 unspecified atom stereocenters. The first kappa shape index (κ1) is 16.9. The summed E-state index contributed by atoms with van der Waals surface area (Å²) in [7, 11) is 4.06. The summed E-state index contributed by atoms with van der Waals surface area (Å²) < 4.78 is 5.99. The Bertz CT molecular complexity index is 602. The summed E-state index contributed by atoms with van der Waals surface area (Å²) in [5.74, 6) is 2.01. The number of amides is 1. The van der Waals surface area contributed by atoms with Crippen LogP contribution >= 0.6 is 0 Å². The van der Waals surface area contributed by atoms with E-state index >= 15 is 0 Å². The van der Waals surface area contributed by atoms with Gasteiger partial charge in [-0.3, -0.25) is 4.79 Å². The van der Waals surface area contributed by atoms with Crippen LogP contribution in [0.3, 0.4) is 0 Å². The first-order chi connectivity index (χ1) is 12.1. The van der Waals surface area contributed by atoms with Crippen LogP contribution in [0.4, 0.5) is 5.69 Å². The molecular weight excluding hydrogens is 312 g/mol. The van der Waals surface area contributed by atoms with Crippen molar-refractivity contribution in [2.24, 2.45) is 17.8 Å².